The lowest BCUT2D eigenvalue weighted by molar-refractivity contribution is -0.876. The van der Waals surface area contributed by atoms with Gasteiger partial charge in [0.1, 0.15) is 13.1 Å². The van der Waals surface area contributed by atoms with Crippen molar-refractivity contribution in [2.45, 2.75) is 6.42 Å². The zero-order chi connectivity index (χ0) is 14.2. The number of hydrogen-bond acceptors (Lipinski definition) is 4. The highest BCUT2D eigenvalue weighted by molar-refractivity contribution is 6.30. The van der Waals surface area contributed by atoms with Crippen molar-refractivity contribution in [2.75, 3.05) is 33.2 Å². The van der Waals surface area contributed by atoms with Crippen LogP contribution in [0.1, 0.15) is 5.56 Å². The number of quaternary nitrogens is 1. The lowest BCUT2D eigenvalue weighted by atomic mass is 10.1. The van der Waals surface area contributed by atoms with Crippen LogP contribution in [0.4, 0.5) is 0 Å². The van der Waals surface area contributed by atoms with Crippen LogP contribution in [-0.2, 0) is 6.42 Å². The number of nitrogens with zero attached hydrogens (tertiary/aromatic N) is 4. The topological polar surface area (TPSA) is 51.0 Å². The van der Waals surface area contributed by atoms with Crippen LogP contribution in [0.3, 0.4) is 0 Å². The molecule has 0 unspecified atom stereocenters. The molecule has 0 atom stereocenters. The first-order chi connectivity index (χ1) is 9.57. The van der Waals surface area contributed by atoms with Crippen LogP contribution in [0.15, 0.2) is 34.4 Å². The summed E-state index contributed by atoms with van der Waals surface area (Å²) in [6.07, 6.45) is 0.582. The Labute approximate surface area is 123 Å². The molecule has 5 nitrogen and oxygen atoms in total. The first-order valence-electron chi connectivity index (χ1n) is 6.73. The highest BCUT2D eigenvalue weighted by Gasteiger charge is 2.38. The van der Waals surface area contributed by atoms with Crippen molar-refractivity contribution >= 4 is 23.5 Å². The average Bonchev–Trinajstić information content (AvgIpc) is 2.72. The van der Waals surface area contributed by atoms with Gasteiger partial charge in [0, 0.05) is 11.4 Å². The van der Waals surface area contributed by atoms with E-state index in [2.05, 4.69) is 22.0 Å². The minimum absolute atomic E-state index is 0.123. The zero-order valence-corrected chi connectivity index (χ0v) is 12.2. The molecule has 1 fully saturated rings. The standard InChI is InChI=1S/C14H17ClN4O/c1-18-6-8-19(9-7-18)14(20)16-13(17-19)10-11-2-4-12(15)5-3-11/h2-5H,6-10H2,1H3. The van der Waals surface area contributed by atoms with Crippen LogP contribution < -0.4 is 5.11 Å². The molecule has 20 heavy (non-hydrogen) atoms. The van der Waals surface area contributed by atoms with Gasteiger partial charge in [-0.15, -0.1) is 0 Å². The second kappa shape index (κ2) is 5.16. The Hall–Kier alpha value is -1.43. The Morgan fingerprint density at radius 3 is 2.55 bits per heavy atom. The van der Waals surface area contributed by atoms with Crippen LogP contribution in [0.5, 0.6) is 0 Å². The van der Waals surface area contributed by atoms with Crippen LogP contribution in [0.25, 0.3) is 0 Å². The highest BCUT2D eigenvalue weighted by atomic mass is 35.5. The number of aliphatic imine (C=N–C) groups is 1. The molecular formula is C14H17ClN4O. The number of likely N-dealkylation sites (N-methyl/N-ethyl adjacent to an activating group) is 1. The van der Waals surface area contributed by atoms with Crippen molar-refractivity contribution in [3.05, 3.63) is 34.9 Å². The minimum atomic E-state index is -0.123. The average molecular weight is 293 g/mol. The Morgan fingerprint density at radius 1 is 1.25 bits per heavy atom. The molecule has 0 aliphatic carbocycles. The Bertz CT molecular complexity index is 559. The van der Waals surface area contributed by atoms with Gasteiger partial charge in [0.15, 0.2) is 11.9 Å². The summed E-state index contributed by atoms with van der Waals surface area (Å²) in [6, 6.07) is 7.44. The SMILES string of the molecule is CN1CC[N+]2(CC1)N=C(Cc1ccc(Cl)cc1)N=C2[O-]. The van der Waals surface area contributed by atoms with E-state index in [0.717, 1.165) is 18.7 Å². The molecule has 3 rings (SSSR count). The molecular weight excluding hydrogens is 276 g/mol. The van der Waals surface area contributed by atoms with Crippen LogP contribution in [-0.4, -0.2) is 54.6 Å². The second-order valence-electron chi connectivity index (χ2n) is 5.39. The van der Waals surface area contributed by atoms with Crippen molar-refractivity contribution < 1.29 is 9.70 Å². The highest BCUT2D eigenvalue weighted by Crippen LogP contribution is 2.20. The molecule has 0 N–H and O–H groups in total. The third-order valence-corrected chi connectivity index (χ3v) is 4.12. The summed E-state index contributed by atoms with van der Waals surface area (Å²) in [5.74, 6) is 0.627. The van der Waals surface area contributed by atoms with Gasteiger partial charge in [0.25, 0.3) is 0 Å². The second-order valence-corrected chi connectivity index (χ2v) is 5.82. The molecule has 1 saturated heterocycles. The first-order valence-corrected chi connectivity index (χ1v) is 7.11. The van der Waals surface area contributed by atoms with E-state index in [0.29, 0.717) is 30.4 Å². The van der Waals surface area contributed by atoms with E-state index in [-0.39, 0.29) is 10.6 Å². The van der Waals surface area contributed by atoms with E-state index in [1.165, 1.54) is 0 Å². The monoisotopic (exact) mass is 292 g/mol. The molecule has 106 valence electrons. The molecule has 2 heterocycles. The van der Waals surface area contributed by atoms with Crippen LogP contribution in [0.2, 0.25) is 5.02 Å². The van der Waals surface area contributed by atoms with Crippen LogP contribution in [0, 0.1) is 0 Å². The number of benzene rings is 1. The molecule has 1 aromatic rings. The molecule has 0 aromatic heterocycles. The summed E-state index contributed by atoms with van der Waals surface area (Å²) >= 11 is 5.87. The molecule has 0 amide bonds. The smallest absolute Gasteiger partial charge is 0.199 e. The van der Waals surface area contributed by atoms with Crippen LogP contribution >= 0.6 is 11.6 Å². The molecule has 6 heteroatoms. The van der Waals surface area contributed by atoms with Gasteiger partial charge < -0.3 is 5.11 Å². The van der Waals surface area contributed by atoms with Gasteiger partial charge in [-0.3, -0.25) is 4.90 Å². The summed E-state index contributed by atoms with van der Waals surface area (Å²) < 4.78 is 0.146. The molecule has 2 aliphatic rings. The van der Waals surface area contributed by atoms with Gasteiger partial charge >= 0.3 is 0 Å². The molecule has 0 saturated carbocycles. The fourth-order valence-electron chi connectivity index (χ4n) is 2.54. The fraction of sp³-hybridized carbons (Fsp3) is 0.429. The van der Waals surface area contributed by atoms with E-state index >= 15 is 0 Å². The number of hydrogen-bond donors (Lipinski definition) is 0. The Balaban J connectivity index is 1.77. The number of rotatable bonds is 2. The van der Waals surface area contributed by atoms with Crippen molar-refractivity contribution in [2.24, 2.45) is 10.1 Å². The minimum Gasteiger partial charge on any atom is -0.814 e. The van der Waals surface area contributed by atoms with E-state index in [1.54, 1.807) is 0 Å². The summed E-state index contributed by atoms with van der Waals surface area (Å²) in [5, 5.41) is 17.5. The van der Waals surface area contributed by atoms with Gasteiger partial charge in [-0.05, 0) is 24.7 Å². The van der Waals surface area contributed by atoms with E-state index < -0.39 is 0 Å². The predicted molar refractivity (Wildman–Crippen MR) is 77.5 cm³/mol. The summed E-state index contributed by atoms with van der Waals surface area (Å²) in [5.41, 5.74) is 1.07. The maximum absolute atomic E-state index is 12.2. The van der Waals surface area contributed by atoms with E-state index in [1.807, 2.05) is 24.3 Å². The fourth-order valence-corrected chi connectivity index (χ4v) is 2.66. The quantitative estimate of drug-likeness (QED) is 0.753. The maximum Gasteiger partial charge on any atom is 0.199 e. The Morgan fingerprint density at radius 2 is 1.90 bits per heavy atom. The maximum atomic E-state index is 12.2. The number of amidine groups is 2. The van der Waals surface area contributed by atoms with Gasteiger partial charge in [0.2, 0.25) is 0 Å². The van der Waals surface area contributed by atoms with Gasteiger partial charge in [0.05, 0.1) is 13.1 Å². The van der Waals surface area contributed by atoms with Gasteiger partial charge in [-0.25, -0.2) is 0 Å². The van der Waals surface area contributed by atoms with E-state index in [9.17, 15) is 5.11 Å². The van der Waals surface area contributed by atoms with Crippen molar-refractivity contribution in [3.63, 3.8) is 0 Å². The predicted octanol–water partition coefficient (Wildman–Crippen LogP) is 0.688. The third kappa shape index (κ3) is 2.57. The summed E-state index contributed by atoms with van der Waals surface area (Å²) in [4.78, 5) is 6.35. The number of halogens is 1. The van der Waals surface area contributed by atoms with Gasteiger partial charge in [-0.2, -0.15) is 9.58 Å². The molecule has 1 aromatic carbocycles. The third-order valence-electron chi connectivity index (χ3n) is 3.87. The van der Waals surface area contributed by atoms with Crippen molar-refractivity contribution in [1.29, 1.82) is 0 Å². The number of piperazine rings is 1. The molecule has 0 radical (unpaired) electrons. The summed E-state index contributed by atoms with van der Waals surface area (Å²) in [7, 11) is 2.06. The Kier molecular flexibility index (Phi) is 3.50. The molecule has 2 aliphatic heterocycles. The molecule has 0 bridgehead atoms. The first kappa shape index (κ1) is 13.5. The van der Waals surface area contributed by atoms with Crippen molar-refractivity contribution in [3.8, 4) is 0 Å². The summed E-state index contributed by atoms with van der Waals surface area (Å²) in [6.45, 7) is 3.17. The van der Waals surface area contributed by atoms with E-state index in [4.69, 9.17) is 11.6 Å². The van der Waals surface area contributed by atoms with Gasteiger partial charge in [-0.1, -0.05) is 28.8 Å². The lowest BCUT2D eigenvalue weighted by Crippen LogP contribution is -2.60. The zero-order valence-electron chi connectivity index (χ0n) is 11.4. The largest absolute Gasteiger partial charge is 0.814 e. The lowest BCUT2D eigenvalue weighted by Gasteiger charge is -2.38. The molecule has 1 spiro atoms. The van der Waals surface area contributed by atoms with Crippen molar-refractivity contribution in [1.82, 2.24) is 4.90 Å². The normalized spacial score (nSPS) is 21.9.